The van der Waals surface area contributed by atoms with Crippen LogP contribution in [0, 0.1) is 0 Å². The van der Waals surface area contributed by atoms with Gasteiger partial charge in [0.2, 0.25) is 11.9 Å². The SMILES string of the molecule is CC(C)NC(=O)c1ccc(Nc2nccc(-c3ccc4nc(N5CC6CC5CO6)ncc4c3)n2)cc1. The number of anilines is 3. The third-order valence-electron chi connectivity index (χ3n) is 6.50. The zero-order valence-electron chi connectivity index (χ0n) is 20.2. The summed E-state index contributed by atoms with van der Waals surface area (Å²) in [6.07, 6.45) is 4.97. The van der Waals surface area contributed by atoms with Gasteiger partial charge < -0.3 is 20.3 Å². The van der Waals surface area contributed by atoms with E-state index >= 15 is 0 Å². The highest BCUT2D eigenvalue weighted by Crippen LogP contribution is 2.31. The van der Waals surface area contributed by atoms with Crippen LogP contribution in [-0.2, 0) is 4.74 Å². The van der Waals surface area contributed by atoms with Gasteiger partial charge >= 0.3 is 0 Å². The number of carbonyl (C=O) groups is 1. The molecule has 0 aliphatic carbocycles. The smallest absolute Gasteiger partial charge is 0.251 e. The molecule has 36 heavy (non-hydrogen) atoms. The topological polar surface area (TPSA) is 105 Å². The van der Waals surface area contributed by atoms with Gasteiger partial charge in [-0.3, -0.25) is 4.79 Å². The van der Waals surface area contributed by atoms with Gasteiger partial charge in [0.1, 0.15) is 0 Å². The normalized spacial score (nSPS) is 18.7. The van der Waals surface area contributed by atoms with E-state index in [2.05, 4.69) is 30.5 Å². The number of nitrogens with one attached hydrogen (secondary N) is 2. The number of amides is 1. The number of benzene rings is 2. The van der Waals surface area contributed by atoms with Crippen LogP contribution in [0.4, 0.5) is 17.6 Å². The molecular formula is C27H27N7O2. The summed E-state index contributed by atoms with van der Waals surface area (Å²) in [5, 5.41) is 7.06. The Balaban J connectivity index is 1.19. The molecule has 2 aliphatic rings. The van der Waals surface area contributed by atoms with Gasteiger partial charge in [-0.15, -0.1) is 0 Å². The van der Waals surface area contributed by atoms with E-state index in [4.69, 9.17) is 9.72 Å². The second-order valence-electron chi connectivity index (χ2n) is 9.54. The van der Waals surface area contributed by atoms with E-state index < -0.39 is 0 Å². The molecule has 0 saturated carbocycles. The van der Waals surface area contributed by atoms with Crippen molar-refractivity contribution in [1.82, 2.24) is 25.3 Å². The van der Waals surface area contributed by atoms with Crippen LogP contribution in [0.15, 0.2) is 60.9 Å². The number of nitrogens with zero attached hydrogens (tertiary/aromatic N) is 5. The predicted octanol–water partition coefficient (Wildman–Crippen LogP) is 3.95. The van der Waals surface area contributed by atoms with Crippen LogP contribution in [0.1, 0.15) is 30.6 Å². The van der Waals surface area contributed by atoms with Crippen molar-refractivity contribution in [2.24, 2.45) is 0 Å². The maximum absolute atomic E-state index is 12.2. The summed E-state index contributed by atoms with van der Waals surface area (Å²) in [7, 11) is 0. The molecule has 2 aliphatic heterocycles. The molecule has 1 amide bonds. The van der Waals surface area contributed by atoms with Crippen molar-refractivity contribution >= 4 is 34.4 Å². The van der Waals surface area contributed by atoms with E-state index in [1.807, 2.05) is 56.4 Å². The molecule has 2 aromatic carbocycles. The molecule has 2 N–H and O–H groups in total. The fourth-order valence-electron chi connectivity index (χ4n) is 4.73. The Kier molecular flexibility index (Phi) is 5.69. The van der Waals surface area contributed by atoms with Crippen LogP contribution >= 0.6 is 0 Å². The van der Waals surface area contributed by atoms with Crippen LogP contribution in [0.25, 0.3) is 22.2 Å². The number of rotatable bonds is 6. The predicted molar refractivity (Wildman–Crippen MR) is 138 cm³/mol. The number of carbonyl (C=O) groups excluding carboxylic acids is 1. The maximum atomic E-state index is 12.2. The molecule has 2 saturated heterocycles. The van der Waals surface area contributed by atoms with Gasteiger partial charge in [-0.1, -0.05) is 6.07 Å². The Morgan fingerprint density at radius 1 is 1.08 bits per heavy atom. The van der Waals surface area contributed by atoms with Crippen LogP contribution in [0.3, 0.4) is 0 Å². The molecule has 4 heterocycles. The first-order chi connectivity index (χ1) is 17.5. The Morgan fingerprint density at radius 2 is 1.94 bits per heavy atom. The molecule has 0 radical (unpaired) electrons. The van der Waals surface area contributed by atoms with Crippen LogP contribution < -0.4 is 15.5 Å². The van der Waals surface area contributed by atoms with Crippen molar-refractivity contribution in [1.29, 1.82) is 0 Å². The van der Waals surface area contributed by atoms with E-state index in [9.17, 15) is 4.79 Å². The summed E-state index contributed by atoms with van der Waals surface area (Å²) in [6, 6.07) is 15.7. The summed E-state index contributed by atoms with van der Waals surface area (Å²) in [4.78, 5) is 32.9. The van der Waals surface area contributed by atoms with E-state index in [0.29, 0.717) is 23.7 Å². The number of morpholine rings is 1. The Hall–Kier alpha value is -4.11. The standard InChI is InChI=1S/C27H27N7O2/c1-16(2)30-25(35)17-3-6-20(7-4-17)31-26-28-10-9-24(32-26)18-5-8-23-19(11-18)13-29-27(33-23)34-14-22-12-21(34)15-36-22/h3-11,13,16,21-22H,12,14-15H2,1-2H3,(H,30,35)(H,28,31,32). The molecule has 2 fully saturated rings. The lowest BCUT2D eigenvalue weighted by molar-refractivity contribution is 0.0943. The molecule has 6 rings (SSSR count). The first kappa shape index (κ1) is 22.4. The van der Waals surface area contributed by atoms with Crippen LogP contribution in [-0.4, -0.2) is 57.2 Å². The average Bonchev–Trinajstić information content (AvgIpc) is 3.52. The van der Waals surface area contributed by atoms with E-state index in [0.717, 1.165) is 53.4 Å². The van der Waals surface area contributed by atoms with Gasteiger partial charge in [0.05, 0.1) is 30.0 Å². The van der Waals surface area contributed by atoms with E-state index in [-0.39, 0.29) is 11.9 Å². The largest absolute Gasteiger partial charge is 0.374 e. The molecule has 0 spiro atoms. The van der Waals surface area contributed by atoms with Gasteiger partial charge in [-0.05, 0) is 62.7 Å². The second-order valence-corrected chi connectivity index (χ2v) is 9.54. The molecule has 2 bridgehead atoms. The van der Waals surface area contributed by atoms with Crippen LogP contribution in [0.5, 0.6) is 0 Å². The zero-order chi connectivity index (χ0) is 24.6. The first-order valence-corrected chi connectivity index (χ1v) is 12.2. The number of aromatic nitrogens is 4. The minimum atomic E-state index is -0.0936. The quantitative estimate of drug-likeness (QED) is 0.427. The molecule has 2 aromatic heterocycles. The fraction of sp³-hybridized carbons (Fsp3) is 0.296. The van der Waals surface area contributed by atoms with Crippen molar-refractivity contribution in [3.8, 4) is 11.3 Å². The van der Waals surface area contributed by atoms with Crippen molar-refractivity contribution in [3.63, 3.8) is 0 Å². The minimum Gasteiger partial charge on any atom is -0.374 e. The van der Waals surface area contributed by atoms with E-state index in [1.54, 1.807) is 18.3 Å². The van der Waals surface area contributed by atoms with Crippen molar-refractivity contribution < 1.29 is 9.53 Å². The highest BCUT2D eigenvalue weighted by molar-refractivity contribution is 5.94. The van der Waals surface area contributed by atoms with Gasteiger partial charge in [0, 0.05) is 47.2 Å². The summed E-state index contributed by atoms with van der Waals surface area (Å²) < 4.78 is 5.70. The average molecular weight is 482 g/mol. The molecule has 9 heteroatoms. The first-order valence-electron chi connectivity index (χ1n) is 12.2. The Morgan fingerprint density at radius 3 is 2.69 bits per heavy atom. The Labute approximate surface area is 209 Å². The molecule has 2 atom stereocenters. The van der Waals surface area contributed by atoms with Crippen LogP contribution in [0.2, 0.25) is 0 Å². The number of ether oxygens (including phenoxy) is 1. The number of hydrogen-bond donors (Lipinski definition) is 2. The number of hydrogen-bond acceptors (Lipinski definition) is 8. The summed E-state index contributed by atoms with van der Waals surface area (Å²) >= 11 is 0. The van der Waals surface area contributed by atoms with Gasteiger partial charge in [-0.2, -0.15) is 0 Å². The van der Waals surface area contributed by atoms with Gasteiger partial charge in [0.25, 0.3) is 5.91 Å². The molecular weight excluding hydrogens is 454 g/mol. The molecule has 182 valence electrons. The number of fused-ring (bicyclic) bond motifs is 3. The molecule has 4 aromatic rings. The lowest BCUT2D eigenvalue weighted by Gasteiger charge is -2.26. The monoisotopic (exact) mass is 481 g/mol. The Bertz CT molecular complexity index is 1420. The highest BCUT2D eigenvalue weighted by atomic mass is 16.5. The van der Waals surface area contributed by atoms with Crippen molar-refractivity contribution in [3.05, 3.63) is 66.5 Å². The third-order valence-corrected chi connectivity index (χ3v) is 6.50. The summed E-state index contributed by atoms with van der Waals surface area (Å²) in [6.45, 7) is 5.49. The van der Waals surface area contributed by atoms with Crippen molar-refractivity contribution in [2.75, 3.05) is 23.4 Å². The lowest BCUT2D eigenvalue weighted by atomic mass is 10.1. The lowest BCUT2D eigenvalue weighted by Crippen LogP contribution is -2.38. The maximum Gasteiger partial charge on any atom is 0.251 e. The van der Waals surface area contributed by atoms with Crippen molar-refractivity contribution in [2.45, 2.75) is 38.5 Å². The molecule has 2 unspecified atom stereocenters. The third kappa shape index (κ3) is 4.45. The zero-order valence-corrected chi connectivity index (χ0v) is 20.2. The highest BCUT2D eigenvalue weighted by Gasteiger charge is 2.40. The second kappa shape index (κ2) is 9.16. The summed E-state index contributed by atoms with van der Waals surface area (Å²) in [5.74, 6) is 1.15. The van der Waals surface area contributed by atoms with Gasteiger partial charge in [0.15, 0.2) is 0 Å². The minimum absolute atomic E-state index is 0.0884. The summed E-state index contributed by atoms with van der Waals surface area (Å²) in [5.41, 5.74) is 4.06. The fourth-order valence-corrected chi connectivity index (χ4v) is 4.73. The molecule has 9 nitrogen and oxygen atoms in total. The van der Waals surface area contributed by atoms with Gasteiger partial charge in [-0.25, -0.2) is 19.9 Å². The van der Waals surface area contributed by atoms with E-state index in [1.165, 1.54) is 0 Å².